The third-order valence-corrected chi connectivity index (χ3v) is 7.60. The first-order chi connectivity index (χ1) is 16.7. The highest BCUT2D eigenvalue weighted by Gasteiger charge is 2.52. The Hall–Kier alpha value is -3.45. The molecule has 0 N–H and O–H groups in total. The molecule has 6 rings (SSSR count). The monoisotopic (exact) mass is 472 g/mol. The molecule has 2 aromatic carbocycles. The molecule has 1 aromatic heterocycles. The molecule has 3 aromatic rings. The average Bonchev–Trinajstić information content (AvgIpc) is 3.51. The van der Waals surface area contributed by atoms with Crippen molar-refractivity contribution < 1.29 is 19.1 Å². The minimum atomic E-state index is -0.549. The Kier molecular flexibility index (Phi) is 5.41. The molecule has 34 heavy (non-hydrogen) atoms. The standard InChI is InChI=1S/C27H24N2O4S/c30-24-20-8-4-5-9-21(20)33-25-22(24)23(29(26(25)31)27-28-14-15-34-27)18-10-12-19(13-11-18)32-16-17-6-2-1-3-7-17/h1-3,6-7,10-15,20-21,23H,4-5,8-9,16H2. The number of hydrogen-bond donors (Lipinski definition) is 0. The lowest BCUT2D eigenvalue weighted by Crippen LogP contribution is -2.39. The third-order valence-electron chi connectivity index (χ3n) is 6.83. The molecule has 2 aliphatic heterocycles. The minimum absolute atomic E-state index is 0.0489. The SMILES string of the molecule is O=C1C2=C(OC3CCCCC13)C(=O)N(c1nccs1)C2c1ccc(OCc2ccccc2)cc1. The first-order valence-electron chi connectivity index (χ1n) is 11.7. The van der Waals surface area contributed by atoms with Crippen LogP contribution in [0.1, 0.15) is 42.9 Å². The van der Waals surface area contributed by atoms with Gasteiger partial charge in [-0.05, 0) is 42.5 Å². The quantitative estimate of drug-likeness (QED) is 0.509. The molecule has 1 amide bonds. The van der Waals surface area contributed by atoms with E-state index in [2.05, 4.69) is 4.98 Å². The lowest BCUT2D eigenvalue weighted by molar-refractivity contribution is -0.131. The maximum absolute atomic E-state index is 13.7. The summed E-state index contributed by atoms with van der Waals surface area (Å²) in [6, 6.07) is 17.1. The van der Waals surface area contributed by atoms with Gasteiger partial charge in [0.25, 0.3) is 5.91 Å². The van der Waals surface area contributed by atoms with Crippen LogP contribution in [0.3, 0.4) is 0 Å². The van der Waals surface area contributed by atoms with Crippen LogP contribution in [0.4, 0.5) is 5.13 Å². The number of benzene rings is 2. The van der Waals surface area contributed by atoms with E-state index in [4.69, 9.17) is 9.47 Å². The van der Waals surface area contributed by atoms with Gasteiger partial charge in [0.15, 0.2) is 16.7 Å². The Morgan fingerprint density at radius 2 is 1.82 bits per heavy atom. The average molecular weight is 473 g/mol. The van der Waals surface area contributed by atoms with E-state index in [1.807, 2.05) is 60.0 Å². The Morgan fingerprint density at radius 3 is 2.59 bits per heavy atom. The maximum Gasteiger partial charge on any atom is 0.296 e. The lowest BCUT2D eigenvalue weighted by atomic mass is 9.77. The fourth-order valence-electron chi connectivity index (χ4n) is 5.18. The number of carbonyl (C=O) groups excluding carboxylic acids is 2. The molecule has 3 unspecified atom stereocenters. The molecule has 1 saturated carbocycles. The normalized spacial score (nSPS) is 24.0. The van der Waals surface area contributed by atoms with E-state index in [0.29, 0.717) is 17.3 Å². The molecule has 0 spiro atoms. The van der Waals surface area contributed by atoms with E-state index in [1.54, 1.807) is 11.1 Å². The molecule has 0 radical (unpaired) electrons. The molecule has 3 atom stereocenters. The highest BCUT2D eigenvalue weighted by atomic mass is 32.1. The molecule has 6 nitrogen and oxygen atoms in total. The van der Waals surface area contributed by atoms with Gasteiger partial charge in [-0.3, -0.25) is 14.5 Å². The van der Waals surface area contributed by atoms with E-state index in [-0.39, 0.29) is 29.5 Å². The molecule has 0 bridgehead atoms. The van der Waals surface area contributed by atoms with Gasteiger partial charge in [-0.2, -0.15) is 0 Å². The molecule has 1 aliphatic carbocycles. The highest BCUT2D eigenvalue weighted by molar-refractivity contribution is 7.13. The van der Waals surface area contributed by atoms with Crippen molar-refractivity contribution in [2.45, 2.75) is 44.4 Å². The predicted molar refractivity (Wildman–Crippen MR) is 128 cm³/mol. The van der Waals surface area contributed by atoms with Crippen LogP contribution in [-0.4, -0.2) is 22.8 Å². The van der Waals surface area contributed by atoms with Gasteiger partial charge in [-0.15, -0.1) is 11.3 Å². The molecule has 172 valence electrons. The topological polar surface area (TPSA) is 68.7 Å². The van der Waals surface area contributed by atoms with Crippen LogP contribution in [-0.2, 0) is 20.9 Å². The third kappa shape index (κ3) is 3.60. The summed E-state index contributed by atoms with van der Waals surface area (Å²) in [6.07, 6.45) is 5.14. The van der Waals surface area contributed by atoms with E-state index in [1.165, 1.54) is 11.3 Å². The number of amides is 1. The van der Waals surface area contributed by atoms with E-state index in [9.17, 15) is 9.59 Å². The van der Waals surface area contributed by atoms with Crippen molar-refractivity contribution in [3.05, 3.63) is 88.6 Å². The molecule has 7 heteroatoms. The number of ether oxygens (including phenoxy) is 2. The number of nitrogens with zero attached hydrogens (tertiary/aromatic N) is 2. The maximum atomic E-state index is 13.7. The fraction of sp³-hybridized carbons (Fsp3) is 0.296. The van der Waals surface area contributed by atoms with Gasteiger partial charge in [0.1, 0.15) is 18.5 Å². The van der Waals surface area contributed by atoms with Crippen molar-refractivity contribution in [2.75, 3.05) is 4.90 Å². The van der Waals surface area contributed by atoms with Crippen LogP contribution in [0.15, 0.2) is 77.5 Å². The first-order valence-corrected chi connectivity index (χ1v) is 12.5. The second-order valence-electron chi connectivity index (χ2n) is 8.89. The zero-order chi connectivity index (χ0) is 23.1. The van der Waals surface area contributed by atoms with Gasteiger partial charge >= 0.3 is 0 Å². The van der Waals surface area contributed by atoms with Crippen molar-refractivity contribution >= 4 is 28.2 Å². The van der Waals surface area contributed by atoms with E-state index < -0.39 is 6.04 Å². The summed E-state index contributed by atoms with van der Waals surface area (Å²) in [4.78, 5) is 33.2. The van der Waals surface area contributed by atoms with E-state index in [0.717, 1.165) is 42.6 Å². The summed E-state index contributed by atoms with van der Waals surface area (Å²) >= 11 is 1.38. The molecule has 3 aliphatic rings. The molecule has 1 fully saturated rings. The van der Waals surface area contributed by atoms with Gasteiger partial charge in [0.05, 0.1) is 17.5 Å². The highest BCUT2D eigenvalue weighted by Crippen LogP contribution is 2.48. The van der Waals surface area contributed by atoms with E-state index >= 15 is 0 Å². The first kappa shape index (κ1) is 21.1. The van der Waals surface area contributed by atoms with Crippen molar-refractivity contribution in [1.29, 1.82) is 0 Å². The van der Waals surface area contributed by atoms with Crippen LogP contribution < -0.4 is 9.64 Å². The van der Waals surface area contributed by atoms with Crippen molar-refractivity contribution in [2.24, 2.45) is 5.92 Å². The Balaban J connectivity index is 1.33. The predicted octanol–water partition coefficient (Wildman–Crippen LogP) is 5.22. The summed E-state index contributed by atoms with van der Waals surface area (Å²) in [6.45, 7) is 0.470. The number of aromatic nitrogens is 1. The van der Waals surface area contributed by atoms with Gasteiger partial charge in [-0.25, -0.2) is 4.98 Å². The van der Waals surface area contributed by atoms with Crippen LogP contribution in [0.25, 0.3) is 0 Å². The summed E-state index contributed by atoms with van der Waals surface area (Å²) < 4.78 is 12.1. The smallest absolute Gasteiger partial charge is 0.296 e. The Morgan fingerprint density at radius 1 is 1.03 bits per heavy atom. The van der Waals surface area contributed by atoms with Crippen LogP contribution in [0.5, 0.6) is 5.75 Å². The number of hydrogen-bond acceptors (Lipinski definition) is 6. The van der Waals surface area contributed by atoms with Crippen LogP contribution in [0, 0.1) is 5.92 Å². The summed E-state index contributed by atoms with van der Waals surface area (Å²) in [7, 11) is 0. The second-order valence-corrected chi connectivity index (χ2v) is 9.76. The number of carbonyl (C=O) groups is 2. The largest absolute Gasteiger partial charge is 0.489 e. The molecular weight excluding hydrogens is 448 g/mol. The van der Waals surface area contributed by atoms with Crippen LogP contribution in [0.2, 0.25) is 0 Å². The van der Waals surface area contributed by atoms with Crippen molar-refractivity contribution in [3.8, 4) is 5.75 Å². The van der Waals surface area contributed by atoms with Crippen molar-refractivity contribution in [3.63, 3.8) is 0 Å². The summed E-state index contributed by atoms with van der Waals surface area (Å²) in [5, 5.41) is 2.40. The summed E-state index contributed by atoms with van der Waals surface area (Å²) in [5.74, 6) is 0.528. The molecular formula is C27H24N2O4S. The number of rotatable bonds is 5. The van der Waals surface area contributed by atoms with Crippen molar-refractivity contribution in [1.82, 2.24) is 4.98 Å². The fourth-order valence-corrected chi connectivity index (χ4v) is 5.85. The number of ketones is 1. The number of fused-ring (bicyclic) bond motifs is 1. The zero-order valence-corrected chi connectivity index (χ0v) is 19.4. The second kappa shape index (κ2) is 8.72. The Bertz CT molecular complexity index is 1240. The van der Waals surface area contributed by atoms with Crippen LogP contribution >= 0.6 is 11.3 Å². The van der Waals surface area contributed by atoms with Gasteiger partial charge in [-0.1, -0.05) is 48.9 Å². The van der Waals surface area contributed by atoms with Gasteiger partial charge in [0, 0.05) is 11.6 Å². The number of anilines is 1. The minimum Gasteiger partial charge on any atom is -0.489 e. The number of thiazole rings is 1. The number of Topliss-reactive ketones (excluding diaryl/α,β-unsaturated/α-hetero) is 1. The molecule has 0 saturated heterocycles. The lowest BCUT2D eigenvalue weighted by Gasteiger charge is -2.35. The Labute approximate surface area is 201 Å². The summed E-state index contributed by atoms with van der Waals surface area (Å²) in [5.41, 5.74) is 2.40. The zero-order valence-electron chi connectivity index (χ0n) is 18.6. The molecule has 3 heterocycles. The van der Waals surface area contributed by atoms with Gasteiger partial charge in [0.2, 0.25) is 0 Å². The van der Waals surface area contributed by atoms with Gasteiger partial charge < -0.3 is 9.47 Å².